The molecule has 0 unspecified atom stereocenters. The van der Waals surface area contributed by atoms with Crippen LogP contribution in [0.2, 0.25) is 0 Å². The number of carbonyl (C=O) groups is 1. The van der Waals surface area contributed by atoms with Gasteiger partial charge in [0.1, 0.15) is 11.6 Å². The number of ether oxygens (including phenoxy) is 1. The predicted octanol–water partition coefficient (Wildman–Crippen LogP) is 3.78. The summed E-state index contributed by atoms with van der Waals surface area (Å²) in [5.41, 5.74) is -1.26. The molecule has 26 heavy (non-hydrogen) atoms. The molecule has 0 aliphatic heterocycles. The van der Waals surface area contributed by atoms with E-state index in [2.05, 4.69) is 20.6 Å². The lowest BCUT2D eigenvalue weighted by molar-refractivity contribution is -0.137. The number of amides is 1. The highest BCUT2D eigenvalue weighted by Crippen LogP contribution is 2.30. The lowest BCUT2D eigenvalue weighted by Gasteiger charge is -2.21. The van der Waals surface area contributed by atoms with Gasteiger partial charge in [-0.1, -0.05) is 0 Å². The highest BCUT2D eigenvalue weighted by atomic mass is 19.4. The van der Waals surface area contributed by atoms with Crippen LogP contribution in [-0.4, -0.2) is 28.5 Å². The van der Waals surface area contributed by atoms with E-state index in [0.717, 1.165) is 12.3 Å². The van der Waals surface area contributed by atoms with Crippen LogP contribution in [0, 0.1) is 0 Å². The second-order valence-corrected chi connectivity index (χ2v) is 6.54. The fraction of sp³-hybridized carbons (Fsp3) is 0.353. The van der Waals surface area contributed by atoms with E-state index in [9.17, 15) is 18.0 Å². The summed E-state index contributed by atoms with van der Waals surface area (Å²) in [6.07, 6.45) is -2.54. The van der Waals surface area contributed by atoms with Gasteiger partial charge in [0.2, 0.25) is 0 Å². The molecule has 2 heterocycles. The zero-order chi connectivity index (χ0) is 19.5. The molecule has 0 fully saturated rings. The Morgan fingerprint density at radius 2 is 1.85 bits per heavy atom. The van der Waals surface area contributed by atoms with Gasteiger partial charge in [-0.3, -0.25) is 9.78 Å². The van der Waals surface area contributed by atoms with E-state index in [4.69, 9.17) is 4.74 Å². The number of nitrogens with zero attached hydrogens (tertiary/aromatic N) is 2. The molecule has 0 atom stereocenters. The monoisotopic (exact) mass is 368 g/mol. The van der Waals surface area contributed by atoms with Crippen molar-refractivity contribution < 1.29 is 22.7 Å². The Labute approximate surface area is 148 Å². The molecule has 2 aromatic rings. The molecule has 0 aromatic carbocycles. The summed E-state index contributed by atoms with van der Waals surface area (Å²) < 4.78 is 43.5. The number of hydrogen-bond acceptors (Lipinski definition) is 5. The van der Waals surface area contributed by atoms with Crippen LogP contribution < -0.4 is 15.4 Å². The first kappa shape index (κ1) is 19.5. The van der Waals surface area contributed by atoms with Gasteiger partial charge in [-0.15, -0.1) is 0 Å². The van der Waals surface area contributed by atoms with Gasteiger partial charge < -0.3 is 15.4 Å². The second kappa shape index (κ2) is 7.19. The maximum Gasteiger partial charge on any atom is 0.417 e. The molecule has 6 nitrogen and oxygen atoms in total. The number of pyridine rings is 2. The van der Waals surface area contributed by atoms with E-state index in [1.165, 1.54) is 25.4 Å². The first-order chi connectivity index (χ1) is 12.0. The largest absolute Gasteiger partial charge is 0.494 e. The summed E-state index contributed by atoms with van der Waals surface area (Å²) >= 11 is 0. The van der Waals surface area contributed by atoms with E-state index in [-0.39, 0.29) is 22.9 Å². The molecule has 0 aliphatic carbocycles. The molecule has 0 saturated carbocycles. The van der Waals surface area contributed by atoms with Gasteiger partial charge in [0.05, 0.1) is 24.6 Å². The van der Waals surface area contributed by atoms with Crippen LogP contribution in [0.25, 0.3) is 0 Å². The van der Waals surface area contributed by atoms with Crippen LogP contribution in [0.3, 0.4) is 0 Å². The maximum atomic E-state index is 12.8. The summed E-state index contributed by atoms with van der Waals surface area (Å²) in [7, 11) is 1.40. The average Bonchev–Trinajstić information content (AvgIpc) is 2.52. The Hall–Kier alpha value is -2.84. The normalized spacial score (nSPS) is 11.8. The van der Waals surface area contributed by atoms with Crippen molar-refractivity contribution in [3.05, 3.63) is 41.9 Å². The third-order valence-corrected chi connectivity index (χ3v) is 3.12. The van der Waals surface area contributed by atoms with Crippen molar-refractivity contribution in [2.75, 3.05) is 12.4 Å². The first-order valence-corrected chi connectivity index (χ1v) is 7.66. The molecular formula is C17H19F3N4O2. The summed E-state index contributed by atoms with van der Waals surface area (Å²) in [5, 5.41) is 5.48. The summed E-state index contributed by atoms with van der Waals surface area (Å²) in [6.45, 7) is 5.44. The minimum Gasteiger partial charge on any atom is -0.494 e. The van der Waals surface area contributed by atoms with Crippen LogP contribution in [0.1, 0.15) is 36.8 Å². The van der Waals surface area contributed by atoms with Crippen molar-refractivity contribution in [3.8, 4) is 5.75 Å². The molecule has 2 rings (SSSR count). The number of rotatable bonds is 4. The molecule has 9 heteroatoms. The third-order valence-electron chi connectivity index (χ3n) is 3.12. The highest BCUT2D eigenvalue weighted by Gasteiger charge is 2.31. The quantitative estimate of drug-likeness (QED) is 0.859. The van der Waals surface area contributed by atoms with Gasteiger partial charge in [0, 0.05) is 11.7 Å². The third kappa shape index (κ3) is 5.08. The summed E-state index contributed by atoms with van der Waals surface area (Å²) in [5.74, 6) is -0.0226. The standard InChI is InChI=1S/C17H19F3N4O2/c1-16(2,3)24-15(25)14-12(26-4)5-6-13(23-14)22-11-7-10(8-21-9-11)17(18,19)20/h5-9H,1-4H3,(H,22,23)(H,24,25). The molecule has 140 valence electrons. The highest BCUT2D eigenvalue weighted by molar-refractivity contribution is 5.95. The molecular weight excluding hydrogens is 349 g/mol. The Balaban J connectivity index is 2.31. The Bertz CT molecular complexity index is 801. The summed E-state index contributed by atoms with van der Waals surface area (Å²) in [6, 6.07) is 3.91. The molecule has 2 aromatic heterocycles. The van der Waals surface area contributed by atoms with E-state index in [1.807, 2.05) is 20.8 Å². The molecule has 0 bridgehead atoms. The Morgan fingerprint density at radius 1 is 1.15 bits per heavy atom. The van der Waals surface area contributed by atoms with Crippen molar-refractivity contribution in [2.45, 2.75) is 32.5 Å². The minimum atomic E-state index is -4.50. The Morgan fingerprint density at radius 3 is 2.42 bits per heavy atom. The summed E-state index contributed by atoms with van der Waals surface area (Å²) in [4.78, 5) is 20.1. The van der Waals surface area contributed by atoms with Gasteiger partial charge in [-0.25, -0.2) is 4.98 Å². The van der Waals surface area contributed by atoms with Crippen molar-refractivity contribution in [1.29, 1.82) is 0 Å². The fourth-order valence-corrected chi connectivity index (χ4v) is 2.05. The van der Waals surface area contributed by atoms with Crippen molar-refractivity contribution in [2.24, 2.45) is 0 Å². The SMILES string of the molecule is COc1ccc(Nc2cncc(C(F)(F)F)c2)nc1C(=O)NC(C)(C)C. The van der Waals surface area contributed by atoms with Gasteiger partial charge >= 0.3 is 6.18 Å². The first-order valence-electron chi connectivity index (χ1n) is 7.66. The molecule has 0 saturated heterocycles. The van der Waals surface area contributed by atoms with Crippen molar-refractivity contribution >= 4 is 17.4 Å². The van der Waals surface area contributed by atoms with Crippen LogP contribution in [0.5, 0.6) is 5.75 Å². The van der Waals surface area contributed by atoms with E-state index in [0.29, 0.717) is 0 Å². The molecule has 2 N–H and O–H groups in total. The van der Waals surface area contributed by atoms with Gasteiger partial charge in [-0.05, 0) is 39.0 Å². The second-order valence-electron chi connectivity index (χ2n) is 6.54. The van der Waals surface area contributed by atoms with E-state index < -0.39 is 23.2 Å². The number of carbonyl (C=O) groups excluding carboxylic acids is 1. The van der Waals surface area contributed by atoms with Gasteiger partial charge in [-0.2, -0.15) is 13.2 Å². The Kier molecular flexibility index (Phi) is 5.38. The van der Waals surface area contributed by atoms with Crippen molar-refractivity contribution in [1.82, 2.24) is 15.3 Å². The van der Waals surface area contributed by atoms with E-state index >= 15 is 0 Å². The van der Waals surface area contributed by atoms with Crippen LogP contribution in [0.4, 0.5) is 24.7 Å². The number of alkyl halides is 3. The average molecular weight is 368 g/mol. The predicted molar refractivity (Wildman–Crippen MR) is 90.5 cm³/mol. The number of hydrogen-bond donors (Lipinski definition) is 2. The molecule has 0 radical (unpaired) electrons. The number of aromatic nitrogens is 2. The fourth-order valence-electron chi connectivity index (χ4n) is 2.05. The van der Waals surface area contributed by atoms with Gasteiger partial charge in [0.15, 0.2) is 5.69 Å². The minimum absolute atomic E-state index is 0.0207. The zero-order valence-corrected chi connectivity index (χ0v) is 14.7. The van der Waals surface area contributed by atoms with E-state index in [1.54, 1.807) is 0 Å². The van der Waals surface area contributed by atoms with Crippen LogP contribution >= 0.6 is 0 Å². The lowest BCUT2D eigenvalue weighted by Crippen LogP contribution is -2.41. The maximum absolute atomic E-state index is 12.8. The smallest absolute Gasteiger partial charge is 0.417 e. The number of nitrogens with one attached hydrogen (secondary N) is 2. The van der Waals surface area contributed by atoms with Crippen molar-refractivity contribution in [3.63, 3.8) is 0 Å². The number of anilines is 2. The number of methoxy groups -OCH3 is 1. The molecule has 0 spiro atoms. The van der Waals surface area contributed by atoms with Gasteiger partial charge in [0.25, 0.3) is 5.91 Å². The lowest BCUT2D eigenvalue weighted by atomic mass is 10.1. The molecule has 0 aliphatic rings. The van der Waals surface area contributed by atoms with Crippen LogP contribution in [0.15, 0.2) is 30.6 Å². The number of halogens is 3. The topological polar surface area (TPSA) is 76.1 Å². The van der Waals surface area contributed by atoms with Crippen LogP contribution in [-0.2, 0) is 6.18 Å². The molecule has 1 amide bonds. The zero-order valence-electron chi connectivity index (χ0n) is 14.7.